The number of morpholine rings is 1. The summed E-state index contributed by atoms with van der Waals surface area (Å²) in [5.41, 5.74) is 3.86. The molecule has 5 nitrogen and oxygen atoms in total. The molecule has 22 heavy (non-hydrogen) atoms. The highest BCUT2D eigenvalue weighted by atomic mass is 16.5. The second-order valence-corrected chi connectivity index (χ2v) is 5.88. The third kappa shape index (κ3) is 3.15. The number of aromatic amines is 1. The van der Waals surface area contributed by atoms with Gasteiger partial charge in [-0.3, -0.25) is 9.69 Å². The van der Waals surface area contributed by atoms with Crippen LogP contribution in [0.25, 0.3) is 10.9 Å². The van der Waals surface area contributed by atoms with E-state index < -0.39 is 0 Å². The molecule has 0 aliphatic carbocycles. The highest BCUT2D eigenvalue weighted by Crippen LogP contribution is 2.23. The Hall–Kier alpha value is -1.85. The quantitative estimate of drug-likeness (QED) is 0.906. The van der Waals surface area contributed by atoms with Gasteiger partial charge in [0, 0.05) is 42.8 Å². The Kier molecular flexibility index (Phi) is 4.45. The van der Waals surface area contributed by atoms with E-state index in [0.29, 0.717) is 6.54 Å². The predicted molar refractivity (Wildman–Crippen MR) is 87.4 cm³/mol. The minimum atomic E-state index is 0.00242. The van der Waals surface area contributed by atoms with Gasteiger partial charge in [-0.1, -0.05) is 11.6 Å². The van der Waals surface area contributed by atoms with Crippen LogP contribution in [0.3, 0.4) is 0 Å². The van der Waals surface area contributed by atoms with Gasteiger partial charge < -0.3 is 15.0 Å². The molecule has 0 atom stereocenters. The van der Waals surface area contributed by atoms with Gasteiger partial charge in [-0.15, -0.1) is 0 Å². The fourth-order valence-electron chi connectivity index (χ4n) is 2.97. The molecule has 1 fully saturated rings. The zero-order valence-corrected chi connectivity index (χ0v) is 13.2. The first-order chi connectivity index (χ1) is 10.6. The number of carbonyl (C=O) groups is 1. The minimum Gasteiger partial charge on any atom is -0.379 e. The van der Waals surface area contributed by atoms with Crippen molar-refractivity contribution in [1.82, 2.24) is 15.2 Å². The summed E-state index contributed by atoms with van der Waals surface area (Å²) in [4.78, 5) is 18.1. The van der Waals surface area contributed by atoms with Crippen molar-refractivity contribution in [2.24, 2.45) is 0 Å². The summed E-state index contributed by atoms with van der Waals surface area (Å²) in [5.74, 6) is 0.00242. The molecule has 1 aliphatic rings. The van der Waals surface area contributed by atoms with Gasteiger partial charge in [0.2, 0.25) is 0 Å². The maximum absolute atomic E-state index is 12.5. The predicted octanol–water partition coefficient (Wildman–Crippen LogP) is 1.85. The first-order valence-corrected chi connectivity index (χ1v) is 7.82. The van der Waals surface area contributed by atoms with Crippen LogP contribution in [-0.2, 0) is 4.74 Å². The fourth-order valence-corrected chi connectivity index (χ4v) is 2.97. The fraction of sp³-hybridized carbons (Fsp3) is 0.471. The molecule has 5 heteroatoms. The average molecular weight is 301 g/mol. The molecule has 0 bridgehead atoms. The van der Waals surface area contributed by atoms with E-state index in [9.17, 15) is 4.79 Å². The molecular formula is C17H23N3O2. The number of ether oxygens (including phenoxy) is 1. The summed E-state index contributed by atoms with van der Waals surface area (Å²) >= 11 is 0. The summed E-state index contributed by atoms with van der Waals surface area (Å²) in [5, 5.41) is 4.04. The van der Waals surface area contributed by atoms with Crippen LogP contribution in [0.1, 0.15) is 21.6 Å². The Balaban J connectivity index is 1.66. The standard InChI is InChI=1S/C17H23N3O2/c1-12-3-4-15-14(11-12)16(13(2)19-15)17(21)18-5-6-20-7-9-22-10-8-20/h3-4,11,19H,5-10H2,1-2H3,(H,18,21). The van der Waals surface area contributed by atoms with Crippen LogP contribution in [0.5, 0.6) is 0 Å². The highest BCUT2D eigenvalue weighted by molar-refractivity contribution is 6.08. The SMILES string of the molecule is Cc1ccc2[nH]c(C)c(C(=O)NCCN3CCOCC3)c2c1. The van der Waals surface area contributed by atoms with Gasteiger partial charge in [-0.05, 0) is 26.0 Å². The van der Waals surface area contributed by atoms with Gasteiger partial charge in [-0.2, -0.15) is 0 Å². The van der Waals surface area contributed by atoms with Crippen LogP contribution >= 0.6 is 0 Å². The molecule has 118 valence electrons. The Morgan fingerprint density at radius 1 is 1.32 bits per heavy atom. The summed E-state index contributed by atoms with van der Waals surface area (Å²) in [6.45, 7) is 8.99. The second kappa shape index (κ2) is 6.50. The Morgan fingerprint density at radius 3 is 2.86 bits per heavy atom. The largest absolute Gasteiger partial charge is 0.379 e. The van der Waals surface area contributed by atoms with Crippen LogP contribution in [0.4, 0.5) is 0 Å². The Bertz CT molecular complexity index is 672. The van der Waals surface area contributed by atoms with E-state index in [1.54, 1.807) is 0 Å². The number of rotatable bonds is 4. The summed E-state index contributed by atoms with van der Waals surface area (Å²) in [6.07, 6.45) is 0. The lowest BCUT2D eigenvalue weighted by Crippen LogP contribution is -2.41. The molecule has 1 aliphatic heterocycles. The summed E-state index contributed by atoms with van der Waals surface area (Å²) < 4.78 is 5.33. The number of carbonyl (C=O) groups excluding carboxylic acids is 1. The smallest absolute Gasteiger partial charge is 0.253 e. The lowest BCUT2D eigenvalue weighted by atomic mass is 10.1. The van der Waals surface area contributed by atoms with Crippen molar-refractivity contribution in [3.05, 3.63) is 35.0 Å². The molecule has 0 radical (unpaired) electrons. The van der Waals surface area contributed by atoms with Gasteiger partial charge in [0.15, 0.2) is 0 Å². The number of hydrogen-bond donors (Lipinski definition) is 2. The topological polar surface area (TPSA) is 57.4 Å². The molecular weight excluding hydrogens is 278 g/mol. The number of H-pyrrole nitrogens is 1. The van der Waals surface area contributed by atoms with E-state index in [2.05, 4.69) is 27.3 Å². The zero-order chi connectivity index (χ0) is 15.5. The van der Waals surface area contributed by atoms with Gasteiger partial charge in [0.05, 0.1) is 18.8 Å². The van der Waals surface area contributed by atoms with Crippen LogP contribution in [0, 0.1) is 13.8 Å². The molecule has 1 aromatic heterocycles. The molecule has 0 unspecified atom stereocenters. The van der Waals surface area contributed by atoms with E-state index in [-0.39, 0.29) is 5.91 Å². The maximum atomic E-state index is 12.5. The van der Waals surface area contributed by atoms with Crippen molar-refractivity contribution in [1.29, 1.82) is 0 Å². The Labute approximate surface area is 130 Å². The van der Waals surface area contributed by atoms with E-state index in [4.69, 9.17) is 4.74 Å². The molecule has 1 amide bonds. The number of nitrogens with one attached hydrogen (secondary N) is 2. The van der Waals surface area contributed by atoms with Crippen LogP contribution in [0.2, 0.25) is 0 Å². The molecule has 1 aromatic carbocycles. The van der Waals surface area contributed by atoms with Gasteiger partial charge >= 0.3 is 0 Å². The van der Waals surface area contributed by atoms with E-state index in [0.717, 1.165) is 60.6 Å². The van der Waals surface area contributed by atoms with Crippen LogP contribution in [0.15, 0.2) is 18.2 Å². The number of amides is 1. The average Bonchev–Trinajstić information content (AvgIpc) is 2.83. The normalized spacial score (nSPS) is 16.1. The minimum absolute atomic E-state index is 0.00242. The van der Waals surface area contributed by atoms with Crippen molar-refractivity contribution < 1.29 is 9.53 Å². The van der Waals surface area contributed by atoms with Crippen molar-refractivity contribution in [2.45, 2.75) is 13.8 Å². The number of aromatic nitrogens is 1. The highest BCUT2D eigenvalue weighted by Gasteiger charge is 2.16. The van der Waals surface area contributed by atoms with E-state index in [1.807, 2.05) is 19.9 Å². The molecule has 2 N–H and O–H groups in total. The monoisotopic (exact) mass is 301 g/mol. The second-order valence-electron chi connectivity index (χ2n) is 5.88. The molecule has 1 saturated heterocycles. The van der Waals surface area contributed by atoms with Crippen molar-refractivity contribution in [3.8, 4) is 0 Å². The van der Waals surface area contributed by atoms with E-state index in [1.165, 1.54) is 0 Å². The number of aryl methyl sites for hydroxylation is 2. The number of fused-ring (bicyclic) bond motifs is 1. The van der Waals surface area contributed by atoms with Gasteiger partial charge in [0.25, 0.3) is 5.91 Å². The van der Waals surface area contributed by atoms with Gasteiger partial charge in [0.1, 0.15) is 0 Å². The Morgan fingerprint density at radius 2 is 2.09 bits per heavy atom. The molecule has 3 rings (SSSR count). The molecule has 0 spiro atoms. The first kappa shape index (κ1) is 15.1. The number of nitrogens with zero attached hydrogens (tertiary/aromatic N) is 1. The summed E-state index contributed by atoms with van der Waals surface area (Å²) in [6, 6.07) is 6.15. The van der Waals surface area contributed by atoms with Gasteiger partial charge in [-0.25, -0.2) is 0 Å². The lowest BCUT2D eigenvalue weighted by molar-refractivity contribution is 0.0383. The van der Waals surface area contributed by atoms with Crippen LogP contribution in [-0.4, -0.2) is 55.2 Å². The van der Waals surface area contributed by atoms with Crippen molar-refractivity contribution >= 4 is 16.8 Å². The molecule has 2 heterocycles. The third-order valence-corrected chi connectivity index (χ3v) is 4.19. The van der Waals surface area contributed by atoms with Crippen LogP contribution < -0.4 is 5.32 Å². The molecule has 0 saturated carbocycles. The van der Waals surface area contributed by atoms with E-state index >= 15 is 0 Å². The van der Waals surface area contributed by atoms with Crippen molar-refractivity contribution in [3.63, 3.8) is 0 Å². The number of benzene rings is 1. The lowest BCUT2D eigenvalue weighted by Gasteiger charge is -2.26. The van der Waals surface area contributed by atoms with Crippen molar-refractivity contribution in [2.75, 3.05) is 39.4 Å². The maximum Gasteiger partial charge on any atom is 0.253 e. The third-order valence-electron chi connectivity index (χ3n) is 4.19. The number of hydrogen-bond acceptors (Lipinski definition) is 3. The first-order valence-electron chi connectivity index (χ1n) is 7.82. The zero-order valence-electron chi connectivity index (χ0n) is 13.2. The molecule has 2 aromatic rings. The summed E-state index contributed by atoms with van der Waals surface area (Å²) in [7, 11) is 0.